The molecule has 0 amide bonds. The summed E-state index contributed by atoms with van der Waals surface area (Å²) in [6, 6.07) is 0. The highest BCUT2D eigenvalue weighted by molar-refractivity contribution is 5.78. The highest BCUT2D eigenvalue weighted by atomic mass is 16.5. The van der Waals surface area contributed by atoms with Gasteiger partial charge < -0.3 is 10.5 Å². The molecule has 2 heterocycles. The molecule has 6 heteroatoms. The van der Waals surface area contributed by atoms with Gasteiger partial charge in [-0.3, -0.25) is 4.57 Å². The van der Waals surface area contributed by atoms with Crippen molar-refractivity contribution >= 4 is 17.1 Å². The van der Waals surface area contributed by atoms with E-state index in [1.165, 1.54) is 38.4 Å². The van der Waals surface area contributed by atoms with E-state index in [9.17, 15) is 0 Å². The number of hydrogen-bond donors (Lipinski definition) is 1. The second-order valence-corrected chi connectivity index (χ2v) is 4.94. The van der Waals surface area contributed by atoms with Gasteiger partial charge in [0.05, 0.1) is 7.11 Å². The van der Waals surface area contributed by atoms with Crippen LogP contribution >= 0.6 is 0 Å². The van der Waals surface area contributed by atoms with Gasteiger partial charge in [-0.05, 0) is 6.42 Å². The lowest BCUT2D eigenvalue weighted by molar-refractivity contribution is 0.401. The molecule has 6 nitrogen and oxygen atoms in total. The number of fused-ring (bicyclic) bond motifs is 1. The van der Waals surface area contributed by atoms with Gasteiger partial charge in [0.15, 0.2) is 11.2 Å². The summed E-state index contributed by atoms with van der Waals surface area (Å²) in [6.45, 7) is 3.07. The molecule has 2 rings (SSSR count). The predicted molar refractivity (Wildman–Crippen MR) is 79.7 cm³/mol. The van der Waals surface area contributed by atoms with Crippen LogP contribution in [0, 0.1) is 0 Å². The summed E-state index contributed by atoms with van der Waals surface area (Å²) < 4.78 is 7.13. The molecule has 0 radical (unpaired) electrons. The zero-order chi connectivity index (χ0) is 14.4. The molecule has 2 N–H and O–H groups in total. The van der Waals surface area contributed by atoms with Crippen molar-refractivity contribution in [3.8, 4) is 5.88 Å². The molecule has 20 heavy (non-hydrogen) atoms. The fraction of sp³-hybridized carbons (Fsp3) is 0.643. The molecule has 2 aromatic heterocycles. The van der Waals surface area contributed by atoms with E-state index in [0.717, 1.165) is 18.6 Å². The summed E-state index contributed by atoms with van der Waals surface area (Å²) in [7, 11) is 1.57. The molecular weight excluding hydrogens is 254 g/mol. The molecule has 0 saturated heterocycles. The van der Waals surface area contributed by atoms with E-state index >= 15 is 0 Å². The standard InChI is InChI=1S/C14H23N5O/c1-3-4-5-6-7-8-9-19-12-11(18-14(19)15)13(20-2)17-10-16-12/h10H,3-9H2,1-2H3,(H2,15,18). The maximum Gasteiger partial charge on any atom is 0.245 e. The van der Waals surface area contributed by atoms with E-state index in [4.69, 9.17) is 10.5 Å². The number of nitrogens with two attached hydrogens (primary N) is 1. The number of anilines is 1. The molecule has 0 saturated carbocycles. The van der Waals surface area contributed by atoms with Crippen LogP contribution < -0.4 is 10.5 Å². The number of aryl methyl sites for hydroxylation is 1. The van der Waals surface area contributed by atoms with Crippen LogP contribution in [0.2, 0.25) is 0 Å². The molecule has 0 spiro atoms. The SMILES string of the molecule is CCCCCCCCn1c(N)nc2c(OC)ncnc21. The average molecular weight is 277 g/mol. The zero-order valence-corrected chi connectivity index (χ0v) is 12.3. The zero-order valence-electron chi connectivity index (χ0n) is 12.3. The Hall–Kier alpha value is -1.85. The van der Waals surface area contributed by atoms with Gasteiger partial charge in [0.1, 0.15) is 6.33 Å². The van der Waals surface area contributed by atoms with Crippen LogP contribution in [0.15, 0.2) is 6.33 Å². The quantitative estimate of drug-likeness (QED) is 0.750. The Kier molecular flexibility index (Phi) is 5.15. The molecule has 0 fully saturated rings. The molecule has 0 aromatic carbocycles. The van der Waals surface area contributed by atoms with Crippen LogP contribution in [0.4, 0.5) is 5.95 Å². The van der Waals surface area contributed by atoms with Gasteiger partial charge in [0.2, 0.25) is 11.8 Å². The molecule has 110 valence electrons. The summed E-state index contributed by atoms with van der Waals surface area (Å²) in [5, 5.41) is 0. The van der Waals surface area contributed by atoms with Gasteiger partial charge >= 0.3 is 0 Å². The van der Waals surface area contributed by atoms with Gasteiger partial charge in [-0.15, -0.1) is 0 Å². The third kappa shape index (κ3) is 3.18. The lowest BCUT2D eigenvalue weighted by atomic mass is 10.1. The lowest BCUT2D eigenvalue weighted by Gasteiger charge is -2.05. The topological polar surface area (TPSA) is 78.9 Å². The lowest BCUT2D eigenvalue weighted by Crippen LogP contribution is -2.04. The average Bonchev–Trinajstić information content (AvgIpc) is 2.78. The number of methoxy groups -OCH3 is 1. The van der Waals surface area contributed by atoms with Crippen LogP contribution in [0.3, 0.4) is 0 Å². The van der Waals surface area contributed by atoms with E-state index < -0.39 is 0 Å². The number of hydrogen-bond acceptors (Lipinski definition) is 5. The van der Waals surface area contributed by atoms with E-state index in [1.807, 2.05) is 4.57 Å². The minimum absolute atomic E-state index is 0.475. The molecule has 0 aliphatic heterocycles. The Bertz CT molecular complexity index is 552. The third-order valence-corrected chi connectivity index (χ3v) is 3.46. The van der Waals surface area contributed by atoms with Crippen molar-refractivity contribution in [3.05, 3.63) is 6.33 Å². The van der Waals surface area contributed by atoms with Gasteiger partial charge in [-0.2, -0.15) is 4.98 Å². The number of imidazole rings is 1. The largest absolute Gasteiger partial charge is 0.479 e. The maximum atomic E-state index is 5.97. The minimum atomic E-state index is 0.475. The summed E-state index contributed by atoms with van der Waals surface area (Å²) >= 11 is 0. The molecular formula is C14H23N5O. The maximum absolute atomic E-state index is 5.97. The van der Waals surface area contributed by atoms with Crippen molar-refractivity contribution in [1.82, 2.24) is 19.5 Å². The summed E-state index contributed by atoms with van der Waals surface area (Å²) in [4.78, 5) is 12.6. The van der Waals surface area contributed by atoms with Crippen LogP contribution in [0.5, 0.6) is 5.88 Å². The normalized spacial score (nSPS) is 11.1. The van der Waals surface area contributed by atoms with E-state index in [2.05, 4.69) is 21.9 Å². The van der Waals surface area contributed by atoms with Crippen LogP contribution in [0.25, 0.3) is 11.2 Å². The van der Waals surface area contributed by atoms with Crippen molar-refractivity contribution < 1.29 is 4.74 Å². The van der Waals surface area contributed by atoms with Crippen LogP contribution in [0.1, 0.15) is 45.4 Å². The second kappa shape index (κ2) is 7.07. The number of aromatic nitrogens is 4. The van der Waals surface area contributed by atoms with Crippen molar-refractivity contribution in [2.75, 3.05) is 12.8 Å². The number of unbranched alkanes of at least 4 members (excludes halogenated alkanes) is 5. The first-order valence-electron chi connectivity index (χ1n) is 7.28. The molecule has 2 aromatic rings. The van der Waals surface area contributed by atoms with Crippen molar-refractivity contribution in [2.24, 2.45) is 0 Å². The highest BCUT2D eigenvalue weighted by Gasteiger charge is 2.13. The third-order valence-electron chi connectivity index (χ3n) is 3.46. The summed E-state index contributed by atoms with van der Waals surface area (Å²) in [5.41, 5.74) is 7.36. The van der Waals surface area contributed by atoms with Crippen molar-refractivity contribution in [3.63, 3.8) is 0 Å². The fourth-order valence-electron chi connectivity index (χ4n) is 2.35. The van der Waals surface area contributed by atoms with Crippen LogP contribution in [-0.4, -0.2) is 26.6 Å². The minimum Gasteiger partial charge on any atom is -0.479 e. The van der Waals surface area contributed by atoms with E-state index in [-0.39, 0.29) is 0 Å². The van der Waals surface area contributed by atoms with Crippen LogP contribution in [-0.2, 0) is 6.54 Å². The smallest absolute Gasteiger partial charge is 0.245 e. The van der Waals surface area contributed by atoms with Crippen molar-refractivity contribution in [2.45, 2.75) is 52.0 Å². The second-order valence-electron chi connectivity index (χ2n) is 4.94. The monoisotopic (exact) mass is 277 g/mol. The van der Waals surface area contributed by atoms with E-state index in [1.54, 1.807) is 7.11 Å². The van der Waals surface area contributed by atoms with Gasteiger partial charge in [-0.25, -0.2) is 9.97 Å². The molecule has 0 unspecified atom stereocenters. The van der Waals surface area contributed by atoms with E-state index in [0.29, 0.717) is 17.3 Å². The van der Waals surface area contributed by atoms with Crippen molar-refractivity contribution in [1.29, 1.82) is 0 Å². The first kappa shape index (κ1) is 14.6. The summed E-state index contributed by atoms with van der Waals surface area (Å²) in [6.07, 6.45) is 8.97. The number of nitrogen functional groups attached to an aromatic ring is 1. The Morgan fingerprint density at radius 3 is 2.65 bits per heavy atom. The highest BCUT2D eigenvalue weighted by Crippen LogP contribution is 2.23. The Morgan fingerprint density at radius 1 is 1.15 bits per heavy atom. The number of rotatable bonds is 8. The van der Waals surface area contributed by atoms with Gasteiger partial charge in [0.25, 0.3) is 0 Å². The van der Waals surface area contributed by atoms with Gasteiger partial charge in [0, 0.05) is 6.54 Å². The first-order chi connectivity index (χ1) is 9.77. The number of ether oxygens (including phenoxy) is 1. The Labute approximate surface area is 119 Å². The Morgan fingerprint density at radius 2 is 1.90 bits per heavy atom. The summed E-state index contributed by atoms with van der Waals surface area (Å²) in [5.74, 6) is 0.954. The molecule has 0 aliphatic carbocycles. The molecule has 0 atom stereocenters. The predicted octanol–water partition coefficient (Wildman–Crippen LogP) is 2.78. The molecule has 0 aliphatic rings. The fourth-order valence-corrected chi connectivity index (χ4v) is 2.35. The number of nitrogens with zero attached hydrogens (tertiary/aromatic N) is 4. The van der Waals surface area contributed by atoms with Gasteiger partial charge in [-0.1, -0.05) is 39.0 Å². The Balaban J connectivity index is 2.01. The molecule has 0 bridgehead atoms. The first-order valence-corrected chi connectivity index (χ1v) is 7.28.